The molecule has 0 saturated heterocycles. The van der Waals surface area contributed by atoms with Gasteiger partial charge in [0.2, 0.25) is 5.91 Å². The van der Waals surface area contributed by atoms with Gasteiger partial charge in [-0.15, -0.1) is 0 Å². The number of hydrogen-bond donors (Lipinski definition) is 1. The molecule has 0 radical (unpaired) electrons. The molecule has 0 saturated carbocycles. The fourth-order valence-electron chi connectivity index (χ4n) is 7.65. The van der Waals surface area contributed by atoms with Gasteiger partial charge in [0.15, 0.2) is 0 Å². The molecule has 0 aromatic carbocycles. The lowest BCUT2D eigenvalue weighted by Crippen LogP contribution is -2.47. The summed E-state index contributed by atoms with van der Waals surface area (Å²) in [6.07, 6.45) is 57.5. The molecule has 0 aliphatic carbocycles. The second-order valence-corrected chi connectivity index (χ2v) is 21.1. The number of esters is 1. The molecule has 0 fully saturated rings. The Hall–Kier alpha value is -2.29. The Morgan fingerprint density at radius 2 is 0.955 bits per heavy atom. The summed E-state index contributed by atoms with van der Waals surface area (Å²) in [4.78, 5) is 39.8. The maximum atomic E-state index is 13.4. The average molecular weight is 961 g/mol. The minimum absolute atomic E-state index is 0.0304. The van der Waals surface area contributed by atoms with E-state index in [2.05, 4.69) is 74.7 Å². The Morgan fingerprint density at radius 3 is 1.46 bits per heavy atom. The molecule has 0 heterocycles. The third-order valence-electron chi connectivity index (χ3n) is 11.9. The number of nitrogens with zero attached hydrogens (tertiary/aromatic N) is 1. The second-order valence-electron chi connectivity index (χ2n) is 19.7. The number of phosphoric ester groups is 1. The van der Waals surface area contributed by atoms with Gasteiger partial charge < -0.3 is 28.5 Å². The second kappa shape index (κ2) is 47.4. The molecule has 3 atom stereocenters. The lowest BCUT2D eigenvalue weighted by molar-refractivity contribution is -0.870. The van der Waals surface area contributed by atoms with Gasteiger partial charge in [0.1, 0.15) is 19.3 Å². The number of rotatable bonds is 49. The van der Waals surface area contributed by atoms with Crippen LogP contribution in [0.3, 0.4) is 0 Å². The van der Waals surface area contributed by atoms with Crippen molar-refractivity contribution in [3.05, 3.63) is 60.8 Å². The number of amides is 1. The number of quaternary nitrogens is 1. The first-order chi connectivity index (χ1) is 32.4. The molecular weight excluding hydrogens is 856 g/mol. The summed E-state index contributed by atoms with van der Waals surface area (Å²) < 4.78 is 30.2. The van der Waals surface area contributed by atoms with Gasteiger partial charge in [-0.1, -0.05) is 197 Å². The molecule has 1 N–H and O–H groups in total. The van der Waals surface area contributed by atoms with E-state index in [-0.39, 0.29) is 31.3 Å². The Balaban J connectivity index is 5.47. The summed E-state index contributed by atoms with van der Waals surface area (Å²) in [5.74, 6) is -0.586. The zero-order valence-electron chi connectivity index (χ0n) is 44.3. The number of nitrogens with one attached hydrogen (secondary N) is 1. The number of likely N-dealkylation sites (N-methyl/N-ethyl adjacent to an activating group) is 1. The third kappa shape index (κ3) is 48.5. The van der Waals surface area contributed by atoms with Crippen molar-refractivity contribution in [2.45, 2.75) is 251 Å². The number of phosphoric acid groups is 1. The van der Waals surface area contributed by atoms with Crippen LogP contribution < -0.4 is 10.2 Å². The summed E-state index contributed by atoms with van der Waals surface area (Å²) >= 11 is 0. The van der Waals surface area contributed by atoms with Crippen molar-refractivity contribution >= 4 is 19.7 Å². The normalized spacial score (nSPS) is 14.3. The Bertz CT molecular complexity index is 1340. The average Bonchev–Trinajstić information content (AvgIpc) is 3.28. The highest BCUT2D eigenvalue weighted by atomic mass is 31.2. The molecule has 0 bridgehead atoms. The lowest BCUT2D eigenvalue weighted by Gasteiger charge is -2.30. The van der Waals surface area contributed by atoms with Gasteiger partial charge in [-0.2, -0.15) is 0 Å². The van der Waals surface area contributed by atoms with E-state index in [1.807, 2.05) is 33.3 Å². The van der Waals surface area contributed by atoms with E-state index in [1.54, 1.807) is 0 Å². The van der Waals surface area contributed by atoms with Crippen molar-refractivity contribution in [2.75, 3.05) is 40.9 Å². The molecule has 0 aromatic heterocycles. The standard InChI is InChI=1S/C57H105N2O7P/c1-7-10-13-16-19-22-25-28-31-34-37-40-43-46-49-56(60)58-54(53-65-67(62,63)64-52-51-59(4,5)6)55(48-45-42-39-36-33-30-27-24-21-18-15-12-9-3)66-57(61)50-47-44-41-38-35-32-29-26-23-20-17-14-11-8-2/h10,13,19,22,28,31-32,35,45,48,54-55H,7-9,11-12,14-18,20-21,23-27,29-30,33-34,36-44,46-47,49-53H2,1-6H3,(H-,58,60,62,63)/b13-10+,22-19+,31-28+,35-32-,48-45+. The summed E-state index contributed by atoms with van der Waals surface area (Å²) in [5, 5.41) is 3.00. The topological polar surface area (TPSA) is 114 Å². The maximum absolute atomic E-state index is 13.4. The molecule has 3 unspecified atom stereocenters. The SMILES string of the molecule is CC/C=C/C/C=C/C/C=C/CCCCCCC(=O)NC(COP(=O)([O-])OCC[N+](C)(C)C)C(/C=C/CCCCCCCCCCCCC)OC(=O)CCCCC/C=C\CCCCCCCCC. The van der Waals surface area contributed by atoms with Crippen LogP contribution in [-0.4, -0.2) is 69.4 Å². The third-order valence-corrected chi connectivity index (χ3v) is 12.9. The predicted molar refractivity (Wildman–Crippen MR) is 284 cm³/mol. The van der Waals surface area contributed by atoms with E-state index in [1.165, 1.54) is 103 Å². The number of ether oxygens (including phenoxy) is 1. The predicted octanol–water partition coefficient (Wildman–Crippen LogP) is 15.7. The van der Waals surface area contributed by atoms with Crippen LogP contribution in [-0.2, 0) is 27.9 Å². The van der Waals surface area contributed by atoms with Gasteiger partial charge in [0.25, 0.3) is 7.82 Å². The molecule has 10 heteroatoms. The van der Waals surface area contributed by atoms with E-state index in [4.69, 9.17) is 13.8 Å². The van der Waals surface area contributed by atoms with Gasteiger partial charge in [0.05, 0.1) is 33.8 Å². The minimum Gasteiger partial charge on any atom is -0.756 e. The van der Waals surface area contributed by atoms with E-state index in [9.17, 15) is 19.0 Å². The number of carbonyl (C=O) groups is 2. The van der Waals surface area contributed by atoms with E-state index in [0.29, 0.717) is 23.9 Å². The first kappa shape index (κ1) is 64.7. The molecule has 0 aliphatic rings. The van der Waals surface area contributed by atoms with Crippen LogP contribution in [0.1, 0.15) is 239 Å². The van der Waals surface area contributed by atoms with Gasteiger partial charge in [-0.05, 0) is 89.5 Å². The summed E-state index contributed by atoms with van der Waals surface area (Å²) in [6, 6.07) is -0.905. The van der Waals surface area contributed by atoms with Gasteiger partial charge in [0, 0.05) is 12.8 Å². The molecule has 1 amide bonds. The molecule has 67 heavy (non-hydrogen) atoms. The molecule has 0 rings (SSSR count). The first-order valence-corrected chi connectivity index (χ1v) is 29.1. The molecule has 390 valence electrons. The fraction of sp³-hybridized carbons (Fsp3) is 0.789. The molecular formula is C57H105N2O7P. The Kier molecular flexibility index (Phi) is 45.8. The van der Waals surface area contributed by atoms with Crippen LogP contribution in [0.2, 0.25) is 0 Å². The lowest BCUT2D eigenvalue weighted by atomic mass is 10.0. The molecule has 0 spiro atoms. The van der Waals surface area contributed by atoms with Crippen LogP contribution in [0.4, 0.5) is 0 Å². The Morgan fingerprint density at radius 1 is 0.537 bits per heavy atom. The van der Waals surface area contributed by atoms with Crippen LogP contribution >= 0.6 is 7.82 Å². The number of allylic oxidation sites excluding steroid dienone is 9. The van der Waals surface area contributed by atoms with Gasteiger partial charge in [-0.25, -0.2) is 0 Å². The highest BCUT2D eigenvalue weighted by Gasteiger charge is 2.27. The van der Waals surface area contributed by atoms with E-state index in [0.717, 1.165) is 89.9 Å². The number of hydrogen-bond acceptors (Lipinski definition) is 7. The van der Waals surface area contributed by atoms with Crippen molar-refractivity contribution in [3.63, 3.8) is 0 Å². The van der Waals surface area contributed by atoms with Gasteiger partial charge >= 0.3 is 5.97 Å². The van der Waals surface area contributed by atoms with Gasteiger partial charge in [-0.3, -0.25) is 14.2 Å². The van der Waals surface area contributed by atoms with Crippen molar-refractivity contribution in [3.8, 4) is 0 Å². The van der Waals surface area contributed by atoms with Crippen LogP contribution in [0.25, 0.3) is 0 Å². The first-order valence-electron chi connectivity index (χ1n) is 27.6. The Labute approximate surface area is 413 Å². The van der Waals surface area contributed by atoms with Crippen molar-refractivity contribution in [2.24, 2.45) is 0 Å². The largest absolute Gasteiger partial charge is 0.756 e. The van der Waals surface area contributed by atoms with E-state index >= 15 is 0 Å². The summed E-state index contributed by atoms with van der Waals surface area (Å²) in [6.45, 7) is 6.69. The fourth-order valence-corrected chi connectivity index (χ4v) is 8.37. The maximum Gasteiger partial charge on any atom is 0.306 e. The van der Waals surface area contributed by atoms with E-state index < -0.39 is 26.6 Å². The van der Waals surface area contributed by atoms with Crippen molar-refractivity contribution < 1.29 is 37.3 Å². The molecule has 0 aromatic rings. The highest BCUT2D eigenvalue weighted by Crippen LogP contribution is 2.38. The monoisotopic (exact) mass is 961 g/mol. The highest BCUT2D eigenvalue weighted by molar-refractivity contribution is 7.45. The van der Waals surface area contributed by atoms with Crippen LogP contribution in [0, 0.1) is 0 Å². The number of unbranched alkanes of at least 4 members (excludes halogenated alkanes) is 25. The smallest absolute Gasteiger partial charge is 0.306 e. The molecule has 0 aliphatic heterocycles. The number of carbonyl (C=O) groups excluding carboxylic acids is 2. The van der Waals surface area contributed by atoms with Crippen molar-refractivity contribution in [1.82, 2.24) is 5.32 Å². The zero-order valence-corrected chi connectivity index (χ0v) is 45.2. The van der Waals surface area contributed by atoms with Crippen LogP contribution in [0.5, 0.6) is 0 Å². The summed E-state index contributed by atoms with van der Waals surface area (Å²) in [5.41, 5.74) is 0. The minimum atomic E-state index is -4.70. The summed E-state index contributed by atoms with van der Waals surface area (Å²) in [7, 11) is 1.16. The quantitative estimate of drug-likeness (QED) is 0.0212. The molecule has 9 nitrogen and oxygen atoms in total. The van der Waals surface area contributed by atoms with Crippen molar-refractivity contribution in [1.29, 1.82) is 0 Å². The van der Waals surface area contributed by atoms with Crippen LogP contribution in [0.15, 0.2) is 60.8 Å². The zero-order chi connectivity index (χ0) is 49.4.